The highest BCUT2D eigenvalue weighted by Gasteiger charge is 2.16. The van der Waals surface area contributed by atoms with E-state index in [0.29, 0.717) is 30.7 Å². The number of nitrogens with one attached hydrogen (secondary N) is 2. The van der Waals surface area contributed by atoms with Gasteiger partial charge >= 0.3 is 0 Å². The highest BCUT2D eigenvalue weighted by atomic mass is 32.2. The van der Waals surface area contributed by atoms with Crippen molar-refractivity contribution in [3.8, 4) is 0 Å². The molecule has 0 amide bonds. The number of benzene rings is 2. The Morgan fingerprint density at radius 2 is 1.65 bits per heavy atom. The minimum absolute atomic E-state index is 0.238. The van der Waals surface area contributed by atoms with Crippen LogP contribution in [0.4, 0.5) is 23.1 Å². The second-order valence-corrected chi connectivity index (χ2v) is 9.10. The summed E-state index contributed by atoms with van der Waals surface area (Å²) in [4.78, 5) is 11.5. The van der Waals surface area contributed by atoms with Gasteiger partial charge in [-0.1, -0.05) is 12.1 Å². The number of nitrogens with zero attached hydrogens (tertiary/aromatic N) is 3. The van der Waals surface area contributed by atoms with Crippen molar-refractivity contribution in [2.24, 2.45) is 0 Å². The van der Waals surface area contributed by atoms with Gasteiger partial charge in [0.2, 0.25) is 5.95 Å². The van der Waals surface area contributed by atoms with E-state index in [1.807, 2.05) is 26.0 Å². The van der Waals surface area contributed by atoms with Crippen molar-refractivity contribution in [2.75, 3.05) is 41.2 Å². The van der Waals surface area contributed by atoms with E-state index in [2.05, 4.69) is 24.9 Å². The minimum atomic E-state index is -3.64. The molecule has 9 heteroatoms. The molecule has 1 aliphatic heterocycles. The first-order valence-corrected chi connectivity index (χ1v) is 11.5. The molecule has 31 heavy (non-hydrogen) atoms. The van der Waals surface area contributed by atoms with E-state index in [1.165, 1.54) is 0 Å². The van der Waals surface area contributed by atoms with Crippen molar-refractivity contribution in [2.45, 2.75) is 18.7 Å². The van der Waals surface area contributed by atoms with E-state index in [-0.39, 0.29) is 4.90 Å². The normalized spacial score (nSPS) is 14.3. The van der Waals surface area contributed by atoms with Crippen LogP contribution in [0.5, 0.6) is 0 Å². The average Bonchev–Trinajstić information content (AvgIpc) is 2.75. The number of aryl methyl sites for hydroxylation is 2. The fraction of sp³-hybridized carbons (Fsp3) is 0.273. The van der Waals surface area contributed by atoms with E-state index in [4.69, 9.17) is 4.74 Å². The summed E-state index contributed by atoms with van der Waals surface area (Å²) in [6.07, 6.45) is 0. The largest absolute Gasteiger partial charge is 0.378 e. The number of morpholine rings is 1. The Morgan fingerprint density at radius 1 is 0.935 bits per heavy atom. The summed E-state index contributed by atoms with van der Waals surface area (Å²) in [5, 5.41) is 3.27. The van der Waals surface area contributed by atoms with Crippen molar-refractivity contribution in [3.63, 3.8) is 0 Å². The van der Waals surface area contributed by atoms with E-state index in [9.17, 15) is 8.42 Å². The number of hydrogen-bond donors (Lipinski definition) is 2. The predicted molar refractivity (Wildman–Crippen MR) is 122 cm³/mol. The summed E-state index contributed by atoms with van der Waals surface area (Å²) in [7, 11) is -3.64. The zero-order valence-electron chi connectivity index (χ0n) is 17.5. The molecule has 2 N–H and O–H groups in total. The van der Waals surface area contributed by atoms with E-state index >= 15 is 0 Å². The lowest BCUT2D eigenvalue weighted by molar-refractivity contribution is 0.122. The first-order chi connectivity index (χ1) is 14.9. The number of rotatable bonds is 6. The SMILES string of the molecule is Cc1cccc(S(=O)(=O)Nc2ccc(Nc3cc(C)nc(N4CCOCC4)n3)cc2)c1. The quantitative estimate of drug-likeness (QED) is 0.607. The molecule has 2 aromatic carbocycles. The lowest BCUT2D eigenvalue weighted by Crippen LogP contribution is -2.37. The van der Waals surface area contributed by atoms with Crippen LogP contribution in [0.2, 0.25) is 0 Å². The van der Waals surface area contributed by atoms with Gasteiger partial charge in [0.25, 0.3) is 10.0 Å². The Balaban J connectivity index is 1.47. The lowest BCUT2D eigenvalue weighted by Gasteiger charge is -2.27. The molecule has 162 valence electrons. The fourth-order valence-corrected chi connectivity index (χ4v) is 4.45. The third kappa shape index (κ3) is 5.31. The first-order valence-electron chi connectivity index (χ1n) is 10.0. The number of sulfonamides is 1. The van der Waals surface area contributed by atoms with Crippen LogP contribution < -0.4 is 14.9 Å². The first kappa shape index (κ1) is 21.1. The lowest BCUT2D eigenvalue weighted by atomic mass is 10.2. The second kappa shape index (κ2) is 8.91. The molecule has 3 aromatic rings. The molecule has 1 aromatic heterocycles. The molecule has 2 heterocycles. The highest BCUT2D eigenvalue weighted by Crippen LogP contribution is 2.22. The molecule has 1 aliphatic rings. The summed E-state index contributed by atoms with van der Waals surface area (Å²) in [6, 6.07) is 15.7. The summed E-state index contributed by atoms with van der Waals surface area (Å²) in [6.45, 7) is 6.65. The molecule has 0 saturated carbocycles. The average molecular weight is 440 g/mol. The van der Waals surface area contributed by atoms with Crippen LogP contribution in [0, 0.1) is 13.8 Å². The maximum absolute atomic E-state index is 12.6. The molecule has 0 aliphatic carbocycles. The summed E-state index contributed by atoms with van der Waals surface area (Å²) in [5.74, 6) is 1.36. The molecule has 0 unspecified atom stereocenters. The smallest absolute Gasteiger partial charge is 0.261 e. The van der Waals surface area contributed by atoms with Crippen LogP contribution in [0.15, 0.2) is 59.5 Å². The molecular weight excluding hydrogens is 414 g/mol. The van der Waals surface area contributed by atoms with Crippen LogP contribution in [0.3, 0.4) is 0 Å². The molecule has 0 spiro atoms. The summed E-state index contributed by atoms with van der Waals surface area (Å²) < 4.78 is 33.2. The number of anilines is 4. The van der Waals surface area contributed by atoms with Gasteiger partial charge in [-0.25, -0.2) is 13.4 Å². The van der Waals surface area contributed by atoms with Gasteiger partial charge in [-0.3, -0.25) is 4.72 Å². The molecule has 1 saturated heterocycles. The number of hydrogen-bond acceptors (Lipinski definition) is 7. The molecule has 0 bridgehead atoms. The Bertz CT molecular complexity index is 1160. The van der Waals surface area contributed by atoms with Crippen molar-refractivity contribution in [1.29, 1.82) is 0 Å². The van der Waals surface area contributed by atoms with Gasteiger partial charge in [0.15, 0.2) is 0 Å². The van der Waals surface area contributed by atoms with Crippen molar-refractivity contribution in [1.82, 2.24) is 9.97 Å². The maximum Gasteiger partial charge on any atom is 0.261 e. The molecule has 0 atom stereocenters. The van der Waals surface area contributed by atoms with Gasteiger partial charge in [0, 0.05) is 36.2 Å². The zero-order valence-corrected chi connectivity index (χ0v) is 18.3. The van der Waals surface area contributed by atoms with Crippen LogP contribution in [0.1, 0.15) is 11.3 Å². The predicted octanol–water partition coefficient (Wildman–Crippen LogP) is 3.47. The number of aromatic nitrogens is 2. The highest BCUT2D eigenvalue weighted by molar-refractivity contribution is 7.92. The van der Waals surface area contributed by atoms with Crippen LogP contribution in [0.25, 0.3) is 0 Å². The van der Waals surface area contributed by atoms with Crippen molar-refractivity contribution in [3.05, 3.63) is 65.9 Å². The second-order valence-electron chi connectivity index (χ2n) is 7.42. The summed E-state index contributed by atoms with van der Waals surface area (Å²) >= 11 is 0. The molecule has 8 nitrogen and oxygen atoms in total. The molecule has 0 radical (unpaired) electrons. The van der Waals surface area contributed by atoms with E-state index in [1.54, 1.807) is 42.5 Å². The monoisotopic (exact) mass is 439 g/mol. The third-order valence-corrected chi connectivity index (χ3v) is 6.22. The Kier molecular flexibility index (Phi) is 6.06. The zero-order chi connectivity index (χ0) is 21.8. The van der Waals surface area contributed by atoms with E-state index in [0.717, 1.165) is 30.0 Å². The minimum Gasteiger partial charge on any atom is -0.378 e. The van der Waals surface area contributed by atoms with E-state index < -0.39 is 10.0 Å². The van der Waals surface area contributed by atoms with Gasteiger partial charge in [0.1, 0.15) is 5.82 Å². The van der Waals surface area contributed by atoms with Gasteiger partial charge in [0.05, 0.1) is 18.1 Å². The maximum atomic E-state index is 12.6. The van der Waals surface area contributed by atoms with Crippen molar-refractivity contribution >= 4 is 33.2 Å². The Hall–Kier alpha value is -3.17. The van der Waals surface area contributed by atoms with Gasteiger partial charge in [-0.05, 0) is 55.8 Å². The van der Waals surface area contributed by atoms with Crippen LogP contribution >= 0.6 is 0 Å². The fourth-order valence-electron chi connectivity index (χ4n) is 3.29. The standard InChI is InChI=1S/C22H25N5O3S/c1-16-4-3-5-20(14-16)31(28,29)26-19-8-6-18(7-9-19)24-21-15-17(2)23-22(25-21)27-10-12-30-13-11-27/h3-9,14-15,26H,10-13H2,1-2H3,(H,23,24,25). The van der Waals surface area contributed by atoms with Gasteiger partial charge in [-0.2, -0.15) is 4.98 Å². The van der Waals surface area contributed by atoms with Crippen molar-refractivity contribution < 1.29 is 13.2 Å². The number of ether oxygens (including phenoxy) is 1. The van der Waals surface area contributed by atoms with Gasteiger partial charge < -0.3 is 15.0 Å². The summed E-state index contributed by atoms with van der Waals surface area (Å²) in [5.41, 5.74) is 3.03. The molecule has 4 rings (SSSR count). The topological polar surface area (TPSA) is 96.5 Å². The molecular formula is C22H25N5O3S. The van der Waals surface area contributed by atoms with Gasteiger partial charge in [-0.15, -0.1) is 0 Å². The Morgan fingerprint density at radius 3 is 2.35 bits per heavy atom. The van der Waals surface area contributed by atoms with Crippen LogP contribution in [-0.4, -0.2) is 44.7 Å². The third-order valence-electron chi connectivity index (χ3n) is 4.85. The van der Waals surface area contributed by atoms with Crippen LogP contribution in [-0.2, 0) is 14.8 Å². The Labute approximate surface area is 182 Å². The molecule has 1 fully saturated rings.